The summed E-state index contributed by atoms with van der Waals surface area (Å²) in [6, 6.07) is 13.8. The Morgan fingerprint density at radius 1 is 0.750 bits per heavy atom. The first-order valence-corrected chi connectivity index (χ1v) is 9.56. The average molecular weight is 326 g/mol. The van der Waals surface area contributed by atoms with E-state index in [0.29, 0.717) is 5.56 Å². The minimum absolute atomic E-state index is 0.101. The molecule has 2 rings (SSSR count). The molecule has 0 aromatic heterocycles. The van der Waals surface area contributed by atoms with Crippen molar-refractivity contribution in [2.45, 2.75) is 71.6 Å². The van der Waals surface area contributed by atoms with Gasteiger partial charge in [-0.05, 0) is 37.0 Å². The van der Waals surface area contributed by atoms with Gasteiger partial charge in [0.1, 0.15) is 5.82 Å². The van der Waals surface area contributed by atoms with Crippen LogP contribution in [0.4, 0.5) is 4.39 Å². The molecule has 0 unspecified atom stereocenters. The molecule has 0 radical (unpaired) electrons. The zero-order valence-corrected chi connectivity index (χ0v) is 15.3. The Hall–Kier alpha value is -1.63. The molecular formula is C23H31F. The molecule has 0 aliphatic rings. The number of hydrogen-bond acceptors (Lipinski definition) is 0. The smallest absolute Gasteiger partial charge is 0.131 e. The predicted octanol–water partition coefficient (Wildman–Crippen LogP) is 7.48. The molecule has 0 spiro atoms. The monoisotopic (exact) mass is 326 g/mol. The number of hydrogen-bond donors (Lipinski definition) is 0. The quantitative estimate of drug-likeness (QED) is 0.397. The van der Waals surface area contributed by atoms with Crippen molar-refractivity contribution < 1.29 is 4.39 Å². The second-order valence-corrected chi connectivity index (χ2v) is 6.91. The highest BCUT2D eigenvalue weighted by Gasteiger charge is 2.06. The molecule has 0 N–H and O–H groups in total. The Morgan fingerprint density at radius 3 is 2.00 bits per heavy atom. The highest BCUT2D eigenvalue weighted by atomic mass is 19.1. The number of aryl methyl sites for hydroxylation is 2. The normalized spacial score (nSPS) is 11.0. The lowest BCUT2D eigenvalue weighted by molar-refractivity contribution is 0.574. The van der Waals surface area contributed by atoms with Crippen LogP contribution in [-0.4, -0.2) is 0 Å². The van der Waals surface area contributed by atoms with Crippen molar-refractivity contribution in [3.8, 4) is 11.1 Å². The van der Waals surface area contributed by atoms with E-state index in [1.807, 2.05) is 37.3 Å². The van der Waals surface area contributed by atoms with Crippen LogP contribution in [0.5, 0.6) is 0 Å². The van der Waals surface area contributed by atoms with Crippen molar-refractivity contribution in [1.29, 1.82) is 0 Å². The molecular weight excluding hydrogens is 295 g/mol. The molecule has 0 aliphatic heterocycles. The van der Waals surface area contributed by atoms with Crippen LogP contribution in [-0.2, 0) is 6.42 Å². The van der Waals surface area contributed by atoms with E-state index in [0.717, 1.165) is 24.0 Å². The largest absolute Gasteiger partial charge is 0.206 e. The van der Waals surface area contributed by atoms with E-state index in [9.17, 15) is 4.39 Å². The van der Waals surface area contributed by atoms with E-state index in [4.69, 9.17) is 0 Å². The van der Waals surface area contributed by atoms with E-state index in [2.05, 4.69) is 13.0 Å². The molecule has 2 aromatic rings. The predicted molar refractivity (Wildman–Crippen MR) is 103 cm³/mol. The fraction of sp³-hybridized carbons (Fsp3) is 0.478. The van der Waals surface area contributed by atoms with E-state index >= 15 is 0 Å². The molecule has 130 valence electrons. The zero-order chi connectivity index (χ0) is 17.2. The van der Waals surface area contributed by atoms with E-state index in [1.165, 1.54) is 50.5 Å². The highest BCUT2D eigenvalue weighted by molar-refractivity contribution is 5.64. The number of unbranched alkanes of at least 4 members (excludes halogenated alkanes) is 7. The van der Waals surface area contributed by atoms with Crippen LogP contribution >= 0.6 is 0 Å². The van der Waals surface area contributed by atoms with Gasteiger partial charge in [0, 0.05) is 5.56 Å². The van der Waals surface area contributed by atoms with Crippen LogP contribution in [0.1, 0.15) is 69.4 Å². The Morgan fingerprint density at radius 2 is 1.38 bits per heavy atom. The molecule has 0 fully saturated rings. The number of benzene rings is 2. The maximum absolute atomic E-state index is 14.4. The second kappa shape index (κ2) is 10.3. The highest BCUT2D eigenvalue weighted by Crippen LogP contribution is 2.24. The maximum Gasteiger partial charge on any atom is 0.131 e. The van der Waals surface area contributed by atoms with Crippen molar-refractivity contribution in [1.82, 2.24) is 0 Å². The lowest BCUT2D eigenvalue weighted by Crippen LogP contribution is -1.91. The van der Waals surface area contributed by atoms with Gasteiger partial charge in [-0.25, -0.2) is 4.39 Å². The first kappa shape index (κ1) is 18.7. The van der Waals surface area contributed by atoms with Crippen molar-refractivity contribution in [3.63, 3.8) is 0 Å². The summed E-state index contributed by atoms with van der Waals surface area (Å²) in [6.07, 6.45) is 11.5. The van der Waals surface area contributed by atoms with Gasteiger partial charge < -0.3 is 0 Å². The average Bonchev–Trinajstić information content (AvgIpc) is 2.58. The zero-order valence-electron chi connectivity index (χ0n) is 15.3. The second-order valence-electron chi connectivity index (χ2n) is 6.91. The Kier molecular flexibility index (Phi) is 8.01. The van der Waals surface area contributed by atoms with Gasteiger partial charge in [-0.3, -0.25) is 0 Å². The lowest BCUT2D eigenvalue weighted by Gasteiger charge is -2.07. The van der Waals surface area contributed by atoms with E-state index in [-0.39, 0.29) is 5.82 Å². The Bertz CT molecular complexity index is 598. The van der Waals surface area contributed by atoms with Crippen LogP contribution in [0.3, 0.4) is 0 Å². The molecule has 0 aliphatic carbocycles. The summed E-state index contributed by atoms with van der Waals surface area (Å²) in [4.78, 5) is 0. The minimum atomic E-state index is -0.101. The fourth-order valence-corrected chi connectivity index (χ4v) is 3.14. The summed E-state index contributed by atoms with van der Waals surface area (Å²) >= 11 is 0. The lowest BCUT2D eigenvalue weighted by atomic mass is 9.99. The summed E-state index contributed by atoms with van der Waals surface area (Å²) in [7, 11) is 0. The molecule has 0 bridgehead atoms. The molecule has 0 saturated carbocycles. The van der Waals surface area contributed by atoms with Crippen LogP contribution in [0.2, 0.25) is 0 Å². The van der Waals surface area contributed by atoms with E-state index in [1.54, 1.807) is 6.07 Å². The first-order chi connectivity index (χ1) is 11.7. The Balaban J connectivity index is 1.77. The van der Waals surface area contributed by atoms with Gasteiger partial charge >= 0.3 is 0 Å². The molecule has 0 heterocycles. The standard InChI is InChI=1S/C23H31F/c1-3-4-5-6-7-8-9-10-11-20-14-17-22(23(24)18-20)21-15-12-19(2)13-16-21/h12-18H,3-11H2,1-2H3. The summed E-state index contributed by atoms with van der Waals surface area (Å²) < 4.78 is 14.4. The van der Waals surface area contributed by atoms with Gasteiger partial charge in [0.2, 0.25) is 0 Å². The van der Waals surface area contributed by atoms with Crippen LogP contribution in [0, 0.1) is 12.7 Å². The topological polar surface area (TPSA) is 0 Å². The number of rotatable bonds is 10. The molecule has 0 amide bonds. The third kappa shape index (κ3) is 6.11. The molecule has 0 nitrogen and oxygen atoms in total. The summed E-state index contributed by atoms with van der Waals surface area (Å²) in [6.45, 7) is 4.30. The van der Waals surface area contributed by atoms with Gasteiger partial charge in [-0.15, -0.1) is 0 Å². The third-order valence-corrected chi connectivity index (χ3v) is 4.72. The van der Waals surface area contributed by atoms with Gasteiger partial charge in [0.05, 0.1) is 0 Å². The van der Waals surface area contributed by atoms with Crippen molar-refractivity contribution in [2.75, 3.05) is 0 Å². The molecule has 24 heavy (non-hydrogen) atoms. The molecule has 2 aromatic carbocycles. The number of halogens is 1. The third-order valence-electron chi connectivity index (χ3n) is 4.72. The Labute approximate surface area is 147 Å². The van der Waals surface area contributed by atoms with Crippen molar-refractivity contribution in [3.05, 3.63) is 59.4 Å². The van der Waals surface area contributed by atoms with E-state index < -0.39 is 0 Å². The molecule has 0 atom stereocenters. The first-order valence-electron chi connectivity index (χ1n) is 9.56. The van der Waals surface area contributed by atoms with Gasteiger partial charge in [0.25, 0.3) is 0 Å². The summed E-state index contributed by atoms with van der Waals surface area (Å²) in [5.41, 5.74) is 3.98. The molecule has 0 saturated heterocycles. The van der Waals surface area contributed by atoms with Gasteiger partial charge in [0.15, 0.2) is 0 Å². The van der Waals surface area contributed by atoms with Crippen molar-refractivity contribution in [2.24, 2.45) is 0 Å². The summed E-state index contributed by atoms with van der Waals surface area (Å²) in [5, 5.41) is 0. The SMILES string of the molecule is CCCCCCCCCCc1ccc(-c2ccc(C)cc2)c(F)c1. The van der Waals surface area contributed by atoms with Gasteiger partial charge in [-0.1, -0.05) is 93.8 Å². The van der Waals surface area contributed by atoms with Crippen LogP contribution in [0.25, 0.3) is 11.1 Å². The van der Waals surface area contributed by atoms with Crippen LogP contribution in [0.15, 0.2) is 42.5 Å². The maximum atomic E-state index is 14.4. The minimum Gasteiger partial charge on any atom is -0.206 e. The fourth-order valence-electron chi connectivity index (χ4n) is 3.14. The molecule has 1 heteroatoms. The van der Waals surface area contributed by atoms with Crippen LogP contribution < -0.4 is 0 Å². The van der Waals surface area contributed by atoms with Gasteiger partial charge in [-0.2, -0.15) is 0 Å². The summed E-state index contributed by atoms with van der Waals surface area (Å²) in [5.74, 6) is -0.101. The van der Waals surface area contributed by atoms with Crippen molar-refractivity contribution >= 4 is 0 Å².